The van der Waals surface area contributed by atoms with Gasteiger partial charge < -0.3 is 4.74 Å². The Balaban J connectivity index is 2.95. The lowest BCUT2D eigenvalue weighted by Crippen LogP contribution is -2.06. The summed E-state index contributed by atoms with van der Waals surface area (Å²) in [5, 5.41) is 0. The number of benzene rings is 1. The van der Waals surface area contributed by atoms with Gasteiger partial charge in [0, 0.05) is 6.42 Å². The number of carbonyl (C=O) groups excluding carboxylic acids is 1. The summed E-state index contributed by atoms with van der Waals surface area (Å²) < 4.78 is 28.9. The molecule has 0 N–H and O–H groups in total. The van der Waals surface area contributed by atoms with Crippen molar-refractivity contribution in [3.8, 4) is 5.75 Å². The first-order valence-corrected chi connectivity index (χ1v) is 5.30. The van der Waals surface area contributed by atoms with Gasteiger partial charge in [-0.2, -0.15) is 8.78 Å². The van der Waals surface area contributed by atoms with Crippen LogP contribution in [0.25, 0.3) is 0 Å². The Labute approximate surface area is 99.8 Å². The molecule has 15 heavy (non-hydrogen) atoms. The molecule has 0 aromatic heterocycles. The lowest BCUT2D eigenvalue weighted by Gasteiger charge is -2.09. The van der Waals surface area contributed by atoms with Gasteiger partial charge in [0.15, 0.2) is 0 Å². The van der Waals surface area contributed by atoms with E-state index in [2.05, 4.69) is 4.74 Å². The second-order valence-electron chi connectivity index (χ2n) is 2.99. The van der Waals surface area contributed by atoms with E-state index < -0.39 is 6.61 Å². The van der Waals surface area contributed by atoms with Crippen molar-refractivity contribution in [1.82, 2.24) is 0 Å². The molecule has 0 aliphatic carbocycles. The molecule has 1 rings (SSSR count). The molecule has 0 unspecified atom stereocenters. The molecule has 0 amide bonds. The fourth-order valence-electron chi connectivity index (χ4n) is 1.15. The van der Waals surface area contributed by atoms with E-state index in [-0.39, 0.29) is 18.0 Å². The monoisotopic (exact) mass is 326 g/mol. The van der Waals surface area contributed by atoms with Gasteiger partial charge in [0.1, 0.15) is 11.5 Å². The Hall–Kier alpha value is -0.720. The van der Waals surface area contributed by atoms with Crippen LogP contribution in [0.5, 0.6) is 5.75 Å². The molecule has 0 aliphatic heterocycles. The molecule has 2 nitrogen and oxygen atoms in total. The van der Waals surface area contributed by atoms with Crippen LogP contribution in [0.3, 0.4) is 0 Å². The number of carbonyl (C=O) groups is 1. The second-order valence-corrected chi connectivity index (χ2v) is 4.07. The van der Waals surface area contributed by atoms with Crippen LogP contribution in [0, 0.1) is 3.57 Å². The van der Waals surface area contributed by atoms with E-state index in [0.29, 0.717) is 9.13 Å². The number of rotatable bonds is 4. The van der Waals surface area contributed by atoms with Crippen LogP contribution in [-0.4, -0.2) is 12.4 Å². The van der Waals surface area contributed by atoms with Gasteiger partial charge >= 0.3 is 6.61 Å². The van der Waals surface area contributed by atoms with Crippen molar-refractivity contribution in [3.05, 3.63) is 27.3 Å². The molecule has 1 aromatic rings. The van der Waals surface area contributed by atoms with Gasteiger partial charge in [-0.1, -0.05) is 12.1 Å². The summed E-state index contributed by atoms with van der Waals surface area (Å²) in [4.78, 5) is 10.9. The molecule has 0 bridgehead atoms. The smallest absolute Gasteiger partial charge is 0.387 e. The second kappa shape index (κ2) is 5.39. The third-order valence-corrected chi connectivity index (χ3v) is 2.92. The predicted molar refractivity (Wildman–Crippen MR) is 60.2 cm³/mol. The number of halogens is 3. The predicted octanol–water partition coefficient (Wildman–Crippen LogP) is 3.02. The van der Waals surface area contributed by atoms with E-state index in [4.69, 9.17) is 0 Å². The lowest BCUT2D eigenvalue weighted by molar-refractivity contribution is -0.116. The molecule has 0 atom stereocenters. The Bertz CT molecular complexity index is 366. The zero-order valence-corrected chi connectivity index (χ0v) is 10.1. The molecule has 0 aliphatic rings. The zero-order chi connectivity index (χ0) is 11.4. The lowest BCUT2D eigenvalue weighted by atomic mass is 10.1. The van der Waals surface area contributed by atoms with Crippen molar-refractivity contribution in [2.75, 3.05) is 0 Å². The number of Topliss-reactive ketones (excluding diaryl/α,β-unsaturated/α-hetero) is 1. The van der Waals surface area contributed by atoms with Crippen LogP contribution in [0.15, 0.2) is 18.2 Å². The van der Waals surface area contributed by atoms with Crippen LogP contribution in [0.2, 0.25) is 0 Å². The van der Waals surface area contributed by atoms with E-state index in [9.17, 15) is 13.6 Å². The largest absolute Gasteiger partial charge is 0.434 e. The average molecular weight is 326 g/mol. The first-order chi connectivity index (χ1) is 7.00. The molecule has 0 saturated carbocycles. The molecule has 0 spiro atoms. The van der Waals surface area contributed by atoms with Gasteiger partial charge in [0.05, 0.1) is 3.57 Å². The minimum atomic E-state index is -2.84. The molecule has 5 heteroatoms. The number of alkyl halides is 2. The standard InChI is InChI=1S/C10H9F2IO2/c1-6(14)5-7-3-2-4-8(9(7)13)15-10(11)12/h2-4,10H,5H2,1H3. The van der Waals surface area contributed by atoms with Gasteiger partial charge in [0.2, 0.25) is 0 Å². The molecule has 0 saturated heterocycles. The van der Waals surface area contributed by atoms with Gasteiger partial charge in [-0.25, -0.2) is 0 Å². The molecule has 0 fully saturated rings. The SMILES string of the molecule is CC(=O)Cc1cccc(OC(F)F)c1I. The van der Waals surface area contributed by atoms with Crippen LogP contribution in [0.1, 0.15) is 12.5 Å². The maximum absolute atomic E-state index is 12.0. The fourth-order valence-corrected chi connectivity index (χ4v) is 1.83. The van der Waals surface area contributed by atoms with Crippen molar-refractivity contribution in [3.63, 3.8) is 0 Å². The summed E-state index contributed by atoms with van der Waals surface area (Å²) in [6.45, 7) is -1.39. The number of hydrogen-bond donors (Lipinski definition) is 0. The minimum absolute atomic E-state index is 0.0119. The van der Waals surface area contributed by atoms with Gasteiger partial charge in [-0.3, -0.25) is 4.79 Å². The molecular formula is C10H9F2IO2. The van der Waals surface area contributed by atoms with Crippen molar-refractivity contribution >= 4 is 28.4 Å². The van der Waals surface area contributed by atoms with Gasteiger partial charge in [0.25, 0.3) is 0 Å². The average Bonchev–Trinajstić information content (AvgIpc) is 2.10. The normalized spacial score (nSPS) is 10.5. The van der Waals surface area contributed by atoms with E-state index >= 15 is 0 Å². The quantitative estimate of drug-likeness (QED) is 0.795. The Morgan fingerprint density at radius 2 is 2.20 bits per heavy atom. The summed E-state index contributed by atoms with van der Waals surface area (Å²) in [5.41, 5.74) is 0.709. The first kappa shape index (κ1) is 12.4. The maximum Gasteiger partial charge on any atom is 0.387 e. The number of hydrogen-bond acceptors (Lipinski definition) is 2. The van der Waals surface area contributed by atoms with Crippen LogP contribution in [-0.2, 0) is 11.2 Å². The van der Waals surface area contributed by atoms with E-state index in [1.54, 1.807) is 12.1 Å². The molecular weight excluding hydrogens is 317 g/mol. The van der Waals surface area contributed by atoms with Crippen LogP contribution in [0.4, 0.5) is 8.78 Å². The highest BCUT2D eigenvalue weighted by atomic mass is 127. The van der Waals surface area contributed by atoms with Crippen molar-refractivity contribution < 1.29 is 18.3 Å². The first-order valence-electron chi connectivity index (χ1n) is 4.22. The summed E-state index contributed by atoms with van der Waals surface area (Å²) >= 11 is 1.90. The molecule has 0 heterocycles. The highest BCUT2D eigenvalue weighted by molar-refractivity contribution is 14.1. The summed E-state index contributed by atoms with van der Waals surface area (Å²) in [6, 6.07) is 4.78. The third kappa shape index (κ3) is 3.73. The van der Waals surface area contributed by atoms with E-state index in [1.165, 1.54) is 13.0 Å². The highest BCUT2D eigenvalue weighted by Crippen LogP contribution is 2.26. The van der Waals surface area contributed by atoms with Gasteiger partial charge in [-0.15, -0.1) is 0 Å². The Kier molecular flexibility index (Phi) is 4.44. The maximum atomic E-state index is 12.0. The Morgan fingerprint density at radius 3 is 2.73 bits per heavy atom. The number of ether oxygens (including phenoxy) is 1. The minimum Gasteiger partial charge on any atom is -0.434 e. The van der Waals surface area contributed by atoms with Gasteiger partial charge in [-0.05, 0) is 41.1 Å². The van der Waals surface area contributed by atoms with E-state index in [1.807, 2.05) is 22.6 Å². The van der Waals surface area contributed by atoms with Crippen molar-refractivity contribution in [2.24, 2.45) is 0 Å². The highest BCUT2D eigenvalue weighted by Gasteiger charge is 2.11. The molecule has 82 valence electrons. The van der Waals surface area contributed by atoms with Crippen LogP contribution >= 0.6 is 22.6 Å². The third-order valence-electron chi connectivity index (χ3n) is 1.70. The number of ketones is 1. The Morgan fingerprint density at radius 1 is 1.53 bits per heavy atom. The van der Waals surface area contributed by atoms with E-state index in [0.717, 1.165) is 0 Å². The topological polar surface area (TPSA) is 26.3 Å². The van der Waals surface area contributed by atoms with Crippen LogP contribution < -0.4 is 4.74 Å². The molecule has 0 radical (unpaired) electrons. The summed E-state index contributed by atoms with van der Waals surface area (Å²) in [7, 11) is 0. The molecule has 1 aromatic carbocycles. The summed E-state index contributed by atoms with van der Waals surface area (Å²) in [5.74, 6) is 0.103. The van der Waals surface area contributed by atoms with Crippen molar-refractivity contribution in [2.45, 2.75) is 20.0 Å². The zero-order valence-electron chi connectivity index (χ0n) is 7.97. The summed E-state index contributed by atoms with van der Waals surface area (Å²) in [6.07, 6.45) is 0.235. The fraction of sp³-hybridized carbons (Fsp3) is 0.300. The van der Waals surface area contributed by atoms with Crippen molar-refractivity contribution in [1.29, 1.82) is 0 Å².